The molecule has 138 valence electrons. The van der Waals surface area contributed by atoms with Crippen molar-refractivity contribution < 1.29 is 9.21 Å². The van der Waals surface area contributed by atoms with E-state index in [0.717, 1.165) is 11.1 Å². The molecule has 7 nitrogen and oxygen atoms in total. The van der Waals surface area contributed by atoms with Gasteiger partial charge in [-0.15, -0.1) is 0 Å². The minimum atomic E-state index is -0.271. The minimum absolute atomic E-state index is 0.271. The van der Waals surface area contributed by atoms with Gasteiger partial charge in [-0.05, 0) is 36.8 Å². The summed E-state index contributed by atoms with van der Waals surface area (Å²) >= 11 is 6.32. The summed E-state index contributed by atoms with van der Waals surface area (Å²) in [7, 11) is 0. The van der Waals surface area contributed by atoms with E-state index in [1.54, 1.807) is 36.9 Å². The van der Waals surface area contributed by atoms with Crippen LogP contribution in [0.25, 0.3) is 22.6 Å². The number of nitrogens with one attached hydrogen (secondary N) is 1. The van der Waals surface area contributed by atoms with Crippen LogP contribution in [-0.4, -0.2) is 25.8 Å². The summed E-state index contributed by atoms with van der Waals surface area (Å²) in [5.74, 6) is 0.697. The van der Waals surface area contributed by atoms with Crippen LogP contribution in [-0.2, 0) is 0 Å². The zero-order chi connectivity index (χ0) is 19.5. The van der Waals surface area contributed by atoms with E-state index in [2.05, 4.69) is 25.3 Å². The van der Waals surface area contributed by atoms with Crippen LogP contribution in [0.4, 0.5) is 5.82 Å². The normalized spacial score (nSPS) is 10.6. The summed E-state index contributed by atoms with van der Waals surface area (Å²) in [5, 5.41) is 3.26. The molecular formula is C20H14ClN5O2. The van der Waals surface area contributed by atoms with Gasteiger partial charge < -0.3 is 9.73 Å². The van der Waals surface area contributed by atoms with Gasteiger partial charge in [0.15, 0.2) is 18.0 Å². The molecule has 4 rings (SSSR count). The highest BCUT2D eigenvalue weighted by Gasteiger charge is 2.12. The van der Waals surface area contributed by atoms with Crippen LogP contribution < -0.4 is 5.32 Å². The number of benzene rings is 1. The lowest BCUT2D eigenvalue weighted by atomic mass is 10.1. The van der Waals surface area contributed by atoms with Crippen molar-refractivity contribution in [3.8, 4) is 22.6 Å². The lowest BCUT2D eigenvalue weighted by Crippen LogP contribution is -2.14. The Balaban J connectivity index is 1.58. The monoisotopic (exact) mass is 391 g/mol. The van der Waals surface area contributed by atoms with Crippen molar-refractivity contribution in [2.75, 3.05) is 5.32 Å². The number of aryl methyl sites for hydroxylation is 1. The Labute approximate surface area is 165 Å². The Hall–Kier alpha value is -3.58. The van der Waals surface area contributed by atoms with Crippen LogP contribution in [0.5, 0.6) is 0 Å². The lowest BCUT2D eigenvalue weighted by Gasteiger charge is -2.08. The summed E-state index contributed by atoms with van der Waals surface area (Å²) in [6.07, 6.45) is 9.23. The van der Waals surface area contributed by atoms with Gasteiger partial charge in [0.05, 0.1) is 29.3 Å². The molecule has 1 amide bonds. The van der Waals surface area contributed by atoms with Gasteiger partial charge in [0.2, 0.25) is 0 Å². The molecular weight excluding hydrogens is 378 g/mol. The molecule has 8 heteroatoms. The van der Waals surface area contributed by atoms with E-state index < -0.39 is 0 Å². The molecule has 0 spiro atoms. The summed E-state index contributed by atoms with van der Waals surface area (Å²) < 4.78 is 5.32. The van der Waals surface area contributed by atoms with Crippen molar-refractivity contribution in [1.82, 2.24) is 19.9 Å². The molecule has 0 aliphatic carbocycles. The lowest BCUT2D eigenvalue weighted by molar-refractivity contribution is 0.102. The zero-order valence-electron chi connectivity index (χ0n) is 14.8. The van der Waals surface area contributed by atoms with E-state index in [-0.39, 0.29) is 5.91 Å². The van der Waals surface area contributed by atoms with Crippen LogP contribution in [0.3, 0.4) is 0 Å². The Morgan fingerprint density at radius 1 is 1.07 bits per heavy atom. The van der Waals surface area contributed by atoms with Gasteiger partial charge in [-0.2, -0.15) is 0 Å². The third kappa shape index (κ3) is 3.60. The minimum Gasteiger partial charge on any atom is -0.444 e. The molecule has 0 bridgehead atoms. The maximum Gasteiger partial charge on any atom is 0.257 e. The molecule has 0 fully saturated rings. The first-order valence-electron chi connectivity index (χ1n) is 8.34. The fourth-order valence-corrected chi connectivity index (χ4v) is 2.89. The van der Waals surface area contributed by atoms with Crippen LogP contribution in [0, 0.1) is 6.92 Å². The van der Waals surface area contributed by atoms with E-state index >= 15 is 0 Å². The second-order valence-electron chi connectivity index (χ2n) is 5.99. The van der Waals surface area contributed by atoms with Gasteiger partial charge in [-0.3, -0.25) is 14.8 Å². The fourth-order valence-electron chi connectivity index (χ4n) is 2.68. The average molecular weight is 392 g/mol. The number of anilines is 1. The van der Waals surface area contributed by atoms with Crippen molar-refractivity contribution in [2.45, 2.75) is 6.92 Å². The third-order valence-corrected chi connectivity index (χ3v) is 4.45. The quantitative estimate of drug-likeness (QED) is 0.553. The summed E-state index contributed by atoms with van der Waals surface area (Å²) in [6.45, 7) is 1.82. The van der Waals surface area contributed by atoms with Crippen LogP contribution in [0.2, 0.25) is 5.02 Å². The second kappa shape index (κ2) is 7.58. The Kier molecular flexibility index (Phi) is 4.82. The van der Waals surface area contributed by atoms with Gasteiger partial charge in [0.25, 0.3) is 5.91 Å². The number of aromatic nitrogens is 4. The molecule has 0 saturated carbocycles. The molecule has 3 heterocycles. The Bertz CT molecular complexity index is 1130. The number of oxazole rings is 1. The molecule has 0 atom stereocenters. The molecule has 0 aliphatic rings. The Morgan fingerprint density at radius 2 is 1.96 bits per heavy atom. The van der Waals surface area contributed by atoms with Crippen molar-refractivity contribution in [2.24, 2.45) is 0 Å². The molecule has 1 aromatic carbocycles. The van der Waals surface area contributed by atoms with Gasteiger partial charge in [-0.1, -0.05) is 11.6 Å². The number of carbonyl (C=O) groups excluding carboxylic acids is 1. The number of pyridine rings is 1. The highest BCUT2D eigenvalue weighted by atomic mass is 35.5. The molecule has 0 aliphatic heterocycles. The van der Waals surface area contributed by atoms with Crippen molar-refractivity contribution >= 4 is 23.3 Å². The molecule has 0 radical (unpaired) electrons. The Morgan fingerprint density at radius 3 is 2.68 bits per heavy atom. The summed E-state index contributed by atoms with van der Waals surface area (Å²) in [6, 6.07) is 7.11. The third-order valence-electron chi connectivity index (χ3n) is 4.12. The van der Waals surface area contributed by atoms with E-state index in [9.17, 15) is 4.79 Å². The molecule has 0 saturated heterocycles. The number of nitrogens with zero attached hydrogens (tertiary/aromatic N) is 4. The predicted octanol–water partition coefficient (Wildman–Crippen LogP) is 4.41. The van der Waals surface area contributed by atoms with Gasteiger partial charge in [0, 0.05) is 29.1 Å². The maximum absolute atomic E-state index is 12.4. The van der Waals surface area contributed by atoms with Gasteiger partial charge in [0.1, 0.15) is 0 Å². The smallest absolute Gasteiger partial charge is 0.257 e. The first-order chi connectivity index (χ1) is 13.6. The number of hydrogen-bond donors (Lipinski definition) is 1. The van der Waals surface area contributed by atoms with E-state index in [0.29, 0.717) is 33.4 Å². The summed E-state index contributed by atoms with van der Waals surface area (Å²) in [4.78, 5) is 28.9. The zero-order valence-corrected chi connectivity index (χ0v) is 15.5. The number of halogens is 1. The maximum atomic E-state index is 12.4. The van der Waals surface area contributed by atoms with Crippen molar-refractivity contribution in [3.05, 3.63) is 77.8 Å². The van der Waals surface area contributed by atoms with Crippen molar-refractivity contribution in [3.63, 3.8) is 0 Å². The van der Waals surface area contributed by atoms with Crippen LogP contribution in [0.15, 0.2) is 66.1 Å². The first-order valence-corrected chi connectivity index (χ1v) is 8.72. The molecule has 0 unspecified atom stereocenters. The highest BCUT2D eigenvalue weighted by Crippen LogP contribution is 2.31. The first kappa shape index (κ1) is 17.8. The van der Waals surface area contributed by atoms with Crippen molar-refractivity contribution in [1.29, 1.82) is 0 Å². The van der Waals surface area contributed by atoms with Crippen LogP contribution in [0.1, 0.15) is 15.9 Å². The van der Waals surface area contributed by atoms with E-state index in [1.807, 2.05) is 19.1 Å². The predicted molar refractivity (Wildman–Crippen MR) is 105 cm³/mol. The van der Waals surface area contributed by atoms with Gasteiger partial charge in [-0.25, -0.2) is 9.97 Å². The highest BCUT2D eigenvalue weighted by molar-refractivity contribution is 6.33. The standard InChI is InChI=1S/C20H14ClN5O2/c1-12-7-22-5-4-14(12)20(27)26-19-10-24-17(8-25-19)15-6-13(2-3-16(15)21)18-9-23-11-28-18/h2-11H,1H3,(H,25,26,27). The summed E-state index contributed by atoms with van der Waals surface area (Å²) in [5.41, 5.74) is 3.41. The topological polar surface area (TPSA) is 93.8 Å². The van der Waals surface area contributed by atoms with E-state index in [4.69, 9.17) is 16.0 Å². The van der Waals surface area contributed by atoms with Gasteiger partial charge >= 0.3 is 0 Å². The largest absolute Gasteiger partial charge is 0.444 e. The molecule has 3 aromatic heterocycles. The SMILES string of the molecule is Cc1cnccc1C(=O)Nc1cnc(-c2cc(-c3cnco3)ccc2Cl)cn1. The fraction of sp³-hybridized carbons (Fsp3) is 0.0500. The number of hydrogen-bond acceptors (Lipinski definition) is 6. The van der Waals surface area contributed by atoms with E-state index in [1.165, 1.54) is 12.6 Å². The van der Waals surface area contributed by atoms with Crippen LogP contribution >= 0.6 is 11.6 Å². The molecule has 4 aromatic rings. The number of rotatable bonds is 4. The molecule has 1 N–H and O–H groups in total. The average Bonchev–Trinajstić information content (AvgIpc) is 3.24. The molecule has 28 heavy (non-hydrogen) atoms. The second-order valence-corrected chi connectivity index (χ2v) is 6.40. The number of carbonyl (C=O) groups is 1. The number of amides is 1.